The average molecular weight is 333 g/mol. The number of carbonyl (C=O) groups is 1. The van der Waals surface area contributed by atoms with Crippen molar-refractivity contribution >= 4 is 11.9 Å². The number of nitrogens with zero attached hydrogens (tertiary/aromatic N) is 4. The maximum absolute atomic E-state index is 12.6. The van der Waals surface area contributed by atoms with Crippen molar-refractivity contribution in [2.24, 2.45) is 0 Å². The van der Waals surface area contributed by atoms with Crippen LogP contribution >= 0.6 is 0 Å². The third-order valence-corrected chi connectivity index (χ3v) is 4.31. The lowest BCUT2D eigenvalue weighted by molar-refractivity contribution is 0.101. The van der Waals surface area contributed by atoms with Gasteiger partial charge in [-0.2, -0.15) is 5.10 Å². The first-order valence-corrected chi connectivity index (χ1v) is 8.51. The first-order valence-electron chi connectivity index (χ1n) is 8.51. The van der Waals surface area contributed by atoms with Crippen LogP contribution in [0.4, 0.5) is 5.95 Å². The molecule has 25 heavy (non-hydrogen) atoms. The molecule has 2 aromatic heterocycles. The Morgan fingerprint density at radius 3 is 2.52 bits per heavy atom. The second kappa shape index (κ2) is 6.47. The summed E-state index contributed by atoms with van der Waals surface area (Å²) in [6.45, 7) is 2.63. The van der Waals surface area contributed by atoms with Gasteiger partial charge in [0.2, 0.25) is 5.95 Å². The van der Waals surface area contributed by atoms with Crippen molar-refractivity contribution in [1.29, 1.82) is 0 Å². The molecule has 3 aromatic rings. The van der Waals surface area contributed by atoms with Gasteiger partial charge in [-0.15, -0.1) is 0 Å². The van der Waals surface area contributed by atoms with E-state index in [2.05, 4.69) is 20.4 Å². The lowest BCUT2D eigenvalue weighted by atomic mass is 10.1. The quantitative estimate of drug-likeness (QED) is 0.776. The van der Waals surface area contributed by atoms with Gasteiger partial charge in [-0.25, -0.2) is 9.97 Å². The smallest absolute Gasteiger partial charge is 0.276 e. The molecular formula is C19H19N5O. The van der Waals surface area contributed by atoms with Gasteiger partial charge in [0.1, 0.15) is 5.69 Å². The predicted molar refractivity (Wildman–Crippen MR) is 95.3 cm³/mol. The van der Waals surface area contributed by atoms with Crippen LogP contribution in [0.15, 0.2) is 48.8 Å². The van der Waals surface area contributed by atoms with Gasteiger partial charge >= 0.3 is 0 Å². The normalized spacial score (nSPS) is 13.6. The summed E-state index contributed by atoms with van der Waals surface area (Å²) in [6.07, 6.45) is 5.74. The predicted octanol–water partition coefficient (Wildman–Crippen LogP) is 3.49. The van der Waals surface area contributed by atoms with Crippen molar-refractivity contribution in [2.45, 2.75) is 32.2 Å². The highest BCUT2D eigenvalue weighted by atomic mass is 16.2. The number of aryl methyl sites for hydroxylation is 1. The number of aromatic nitrogens is 4. The van der Waals surface area contributed by atoms with E-state index in [4.69, 9.17) is 0 Å². The van der Waals surface area contributed by atoms with Crippen LogP contribution in [0.25, 0.3) is 11.1 Å². The standard InChI is InChI=1S/C19H19N5O/c1-2-24-17(10-16(23-24)14-8-9-14)18(25)22-19-20-11-15(12-21-19)13-6-4-3-5-7-13/h3-7,10-12,14H,2,8-9H2,1H3,(H,20,21,22,25). The van der Waals surface area contributed by atoms with E-state index in [9.17, 15) is 4.79 Å². The minimum Gasteiger partial charge on any atom is -0.289 e. The van der Waals surface area contributed by atoms with E-state index in [1.165, 1.54) is 0 Å². The summed E-state index contributed by atoms with van der Waals surface area (Å²) in [5.74, 6) is 0.580. The van der Waals surface area contributed by atoms with Crippen molar-refractivity contribution < 1.29 is 4.79 Å². The summed E-state index contributed by atoms with van der Waals surface area (Å²) < 4.78 is 1.74. The fourth-order valence-corrected chi connectivity index (χ4v) is 2.78. The van der Waals surface area contributed by atoms with Crippen molar-refractivity contribution in [3.8, 4) is 11.1 Å². The number of carbonyl (C=O) groups excluding carboxylic acids is 1. The molecule has 1 aliphatic carbocycles. The Bertz CT molecular complexity index is 882. The molecule has 1 aliphatic rings. The molecule has 1 fully saturated rings. The first-order chi connectivity index (χ1) is 12.2. The summed E-state index contributed by atoms with van der Waals surface area (Å²) >= 11 is 0. The van der Waals surface area contributed by atoms with Crippen molar-refractivity contribution in [1.82, 2.24) is 19.7 Å². The number of amides is 1. The first kappa shape index (κ1) is 15.5. The third kappa shape index (κ3) is 3.28. The highest BCUT2D eigenvalue weighted by Gasteiger charge is 2.28. The van der Waals surface area contributed by atoms with Crippen molar-refractivity contribution in [3.05, 3.63) is 60.2 Å². The Balaban J connectivity index is 1.51. The van der Waals surface area contributed by atoms with Crippen molar-refractivity contribution in [2.75, 3.05) is 5.32 Å². The molecule has 0 radical (unpaired) electrons. The van der Waals surface area contributed by atoms with E-state index in [1.807, 2.05) is 43.3 Å². The zero-order valence-corrected chi connectivity index (χ0v) is 14.0. The zero-order chi connectivity index (χ0) is 17.2. The highest BCUT2D eigenvalue weighted by Crippen LogP contribution is 2.39. The van der Waals surface area contributed by atoms with Crippen LogP contribution < -0.4 is 5.32 Å². The number of hydrogen-bond acceptors (Lipinski definition) is 4. The second-order valence-electron chi connectivity index (χ2n) is 6.16. The summed E-state index contributed by atoms with van der Waals surface area (Å²) in [5, 5.41) is 7.28. The fourth-order valence-electron chi connectivity index (χ4n) is 2.78. The van der Waals surface area contributed by atoms with E-state index in [-0.39, 0.29) is 5.91 Å². The van der Waals surface area contributed by atoms with Crippen LogP contribution in [0.1, 0.15) is 41.9 Å². The summed E-state index contributed by atoms with van der Waals surface area (Å²) in [4.78, 5) is 21.1. The van der Waals surface area contributed by atoms with Gasteiger partial charge in [-0.3, -0.25) is 14.8 Å². The van der Waals surface area contributed by atoms with Crippen LogP contribution in [0.5, 0.6) is 0 Å². The molecular weight excluding hydrogens is 314 g/mol. The zero-order valence-electron chi connectivity index (χ0n) is 14.0. The largest absolute Gasteiger partial charge is 0.289 e. The molecule has 0 atom stereocenters. The molecule has 1 saturated carbocycles. The Kier molecular flexibility index (Phi) is 4.01. The molecule has 6 heteroatoms. The SMILES string of the molecule is CCn1nc(C2CC2)cc1C(=O)Nc1ncc(-c2ccccc2)cn1. The molecule has 0 unspecified atom stereocenters. The third-order valence-electron chi connectivity index (χ3n) is 4.31. The Labute approximate surface area is 145 Å². The summed E-state index contributed by atoms with van der Waals surface area (Å²) in [6, 6.07) is 11.8. The van der Waals surface area contributed by atoms with Gasteiger partial charge in [-0.05, 0) is 31.4 Å². The second-order valence-corrected chi connectivity index (χ2v) is 6.16. The van der Waals surface area contributed by atoms with Crippen LogP contribution in [0.3, 0.4) is 0 Å². The molecule has 4 rings (SSSR count). The molecule has 1 amide bonds. The van der Waals surface area contributed by atoms with E-state index in [1.54, 1.807) is 17.1 Å². The molecule has 0 aliphatic heterocycles. The molecule has 1 aromatic carbocycles. The summed E-state index contributed by atoms with van der Waals surface area (Å²) in [7, 11) is 0. The van der Waals surface area contributed by atoms with Crippen LogP contribution in [-0.4, -0.2) is 25.7 Å². The molecule has 126 valence electrons. The Morgan fingerprint density at radius 2 is 1.88 bits per heavy atom. The minimum atomic E-state index is -0.228. The number of benzene rings is 1. The lowest BCUT2D eigenvalue weighted by Crippen LogP contribution is -2.18. The van der Waals surface area contributed by atoms with E-state index >= 15 is 0 Å². The highest BCUT2D eigenvalue weighted by molar-refractivity contribution is 6.02. The van der Waals surface area contributed by atoms with Gasteiger partial charge in [0.05, 0.1) is 5.69 Å². The minimum absolute atomic E-state index is 0.228. The van der Waals surface area contributed by atoms with Gasteiger partial charge in [-0.1, -0.05) is 30.3 Å². The number of rotatable bonds is 5. The monoisotopic (exact) mass is 333 g/mol. The van der Waals surface area contributed by atoms with Gasteiger partial charge in [0, 0.05) is 30.4 Å². The topological polar surface area (TPSA) is 72.7 Å². The molecule has 2 heterocycles. The fraction of sp³-hybridized carbons (Fsp3) is 0.263. The lowest BCUT2D eigenvalue weighted by Gasteiger charge is -2.06. The number of hydrogen-bond donors (Lipinski definition) is 1. The Morgan fingerprint density at radius 1 is 1.16 bits per heavy atom. The van der Waals surface area contributed by atoms with E-state index in [0.29, 0.717) is 24.1 Å². The van der Waals surface area contributed by atoms with Crippen molar-refractivity contribution in [3.63, 3.8) is 0 Å². The molecule has 0 spiro atoms. The van der Waals surface area contributed by atoms with Gasteiger partial charge in [0.15, 0.2) is 0 Å². The summed E-state index contributed by atoms with van der Waals surface area (Å²) in [5.41, 5.74) is 3.51. The maximum Gasteiger partial charge on any atom is 0.276 e. The van der Waals surface area contributed by atoms with Gasteiger partial charge < -0.3 is 0 Å². The molecule has 6 nitrogen and oxygen atoms in total. The number of nitrogens with one attached hydrogen (secondary N) is 1. The Hall–Kier alpha value is -3.02. The van der Waals surface area contributed by atoms with Crippen LogP contribution in [0.2, 0.25) is 0 Å². The molecule has 0 bridgehead atoms. The number of anilines is 1. The average Bonchev–Trinajstić information content (AvgIpc) is 3.42. The van der Waals surface area contributed by atoms with Gasteiger partial charge in [0.25, 0.3) is 5.91 Å². The van der Waals surface area contributed by atoms with Crippen LogP contribution in [-0.2, 0) is 6.54 Å². The maximum atomic E-state index is 12.6. The van der Waals surface area contributed by atoms with E-state index in [0.717, 1.165) is 29.7 Å². The molecule has 1 N–H and O–H groups in total. The van der Waals surface area contributed by atoms with Crippen LogP contribution in [0, 0.1) is 0 Å². The van der Waals surface area contributed by atoms with E-state index < -0.39 is 0 Å². The molecule has 0 saturated heterocycles.